The Morgan fingerprint density at radius 3 is 2.41 bits per heavy atom. The van der Waals surface area contributed by atoms with Gasteiger partial charge in [-0.15, -0.1) is 0 Å². The molecule has 0 amide bonds. The number of aromatic nitrogens is 2. The largest absolute Gasteiger partial charge is 0.476 e. The zero-order valence-corrected chi connectivity index (χ0v) is 9.94. The molecule has 1 heterocycles. The van der Waals surface area contributed by atoms with Gasteiger partial charge in [-0.25, -0.2) is 14.8 Å². The van der Waals surface area contributed by atoms with Crippen molar-refractivity contribution < 1.29 is 9.90 Å². The van der Waals surface area contributed by atoms with E-state index in [2.05, 4.69) is 9.97 Å². The number of carboxylic acids is 1. The van der Waals surface area contributed by atoms with Crippen LogP contribution in [0.5, 0.6) is 0 Å². The van der Waals surface area contributed by atoms with E-state index < -0.39 is 5.97 Å². The van der Waals surface area contributed by atoms with Crippen molar-refractivity contribution in [3.8, 4) is 0 Å². The molecule has 1 aromatic heterocycles. The van der Waals surface area contributed by atoms with E-state index in [1.54, 1.807) is 0 Å². The van der Waals surface area contributed by atoms with Crippen molar-refractivity contribution in [2.75, 3.05) is 0 Å². The number of hydrogen-bond acceptors (Lipinski definition) is 4. The Balaban J connectivity index is 2.13. The average Bonchev–Trinajstić information content (AvgIpc) is 2.33. The predicted octanol–water partition coefficient (Wildman–Crippen LogP) is 2.63. The minimum Gasteiger partial charge on any atom is -0.476 e. The summed E-state index contributed by atoms with van der Waals surface area (Å²) >= 11 is 1.45. The number of carbonyl (C=O) groups is 1. The monoisotopic (exact) mass is 246 g/mol. The third kappa shape index (κ3) is 3.04. The molecule has 17 heavy (non-hydrogen) atoms. The van der Waals surface area contributed by atoms with Gasteiger partial charge in [-0.2, -0.15) is 0 Å². The van der Waals surface area contributed by atoms with Gasteiger partial charge in [0.05, 0.1) is 12.4 Å². The lowest BCUT2D eigenvalue weighted by molar-refractivity contribution is 0.0689. The van der Waals surface area contributed by atoms with Crippen LogP contribution in [0.25, 0.3) is 0 Å². The highest BCUT2D eigenvalue weighted by Crippen LogP contribution is 2.25. The van der Waals surface area contributed by atoms with E-state index in [1.165, 1.54) is 29.7 Å². The van der Waals surface area contributed by atoms with E-state index >= 15 is 0 Å². The summed E-state index contributed by atoms with van der Waals surface area (Å²) in [6, 6.07) is 8.02. The molecule has 0 radical (unpaired) electrons. The zero-order chi connectivity index (χ0) is 12.3. The lowest BCUT2D eigenvalue weighted by atomic mass is 10.2. The first kappa shape index (κ1) is 11.6. The fourth-order valence-electron chi connectivity index (χ4n) is 1.21. The maximum absolute atomic E-state index is 10.6. The van der Waals surface area contributed by atoms with Gasteiger partial charge in [-0.1, -0.05) is 29.5 Å². The number of aromatic carboxylic acids is 1. The number of hydrogen-bond donors (Lipinski definition) is 1. The smallest absolute Gasteiger partial charge is 0.356 e. The van der Waals surface area contributed by atoms with Crippen LogP contribution in [0.3, 0.4) is 0 Å². The highest BCUT2D eigenvalue weighted by atomic mass is 32.2. The molecule has 0 aliphatic carbocycles. The number of benzene rings is 1. The Morgan fingerprint density at radius 1 is 1.18 bits per heavy atom. The van der Waals surface area contributed by atoms with E-state index in [9.17, 15) is 4.79 Å². The second kappa shape index (κ2) is 4.97. The van der Waals surface area contributed by atoms with Gasteiger partial charge in [0, 0.05) is 4.90 Å². The first-order valence-electron chi connectivity index (χ1n) is 4.95. The maximum atomic E-state index is 10.6. The number of rotatable bonds is 3. The van der Waals surface area contributed by atoms with E-state index in [1.807, 2.05) is 31.2 Å². The zero-order valence-electron chi connectivity index (χ0n) is 9.12. The van der Waals surface area contributed by atoms with E-state index in [-0.39, 0.29) is 5.69 Å². The summed E-state index contributed by atoms with van der Waals surface area (Å²) in [7, 11) is 0. The second-order valence-corrected chi connectivity index (χ2v) is 4.55. The molecule has 0 saturated carbocycles. The number of carboxylic acid groups (broad SMARTS) is 1. The van der Waals surface area contributed by atoms with E-state index in [0.29, 0.717) is 5.03 Å². The molecule has 2 rings (SSSR count). The van der Waals surface area contributed by atoms with Crippen molar-refractivity contribution in [2.24, 2.45) is 0 Å². The molecule has 0 fully saturated rings. The fraction of sp³-hybridized carbons (Fsp3) is 0.0833. The molecule has 86 valence electrons. The minimum atomic E-state index is -1.07. The third-order valence-electron chi connectivity index (χ3n) is 2.09. The summed E-state index contributed by atoms with van der Waals surface area (Å²) in [4.78, 5) is 19.5. The third-order valence-corrected chi connectivity index (χ3v) is 3.02. The lowest BCUT2D eigenvalue weighted by Crippen LogP contribution is -2.00. The van der Waals surface area contributed by atoms with Gasteiger partial charge in [0.15, 0.2) is 5.69 Å². The van der Waals surface area contributed by atoms with Crippen LogP contribution in [-0.2, 0) is 0 Å². The molecule has 1 N–H and O–H groups in total. The molecule has 1 aromatic carbocycles. The summed E-state index contributed by atoms with van der Waals surface area (Å²) in [6.45, 7) is 2.02. The van der Waals surface area contributed by atoms with Gasteiger partial charge in [0.2, 0.25) is 0 Å². The van der Waals surface area contributed by atoms with Gasteiger partial charge in [0.1, 0.15) is 5.03 Å². The minimum absolute atomic E-state index is 0.0433. The molecule has 0 saturated heterocycles. The van der Waals surface area contributed by atoms with Crippen molar-refractivity contribution in [2.45, 2.75) is 16.8 Å². The van der Waals surface area contributed by atoms with Crippen LogP contribution >= 0.6 is 11.8 Å². The molecule has 2 aromatic rings. The molecule has 0 unspecified atom stereocenters. The molecular weight excluding hydrogens is 236 g/mol. The molecular formula is C12H10N2O2S. The van der Waals surface area contributed by atoms with Crippen LogP contribution in [-0.4, -0.2) is 21.0 Å². The molecule has 0 aliphatic heterocycles. The molecule has 5 heteroatoms. The van der Waals surface area contributed by atoms with Crippen molar-refractivity contribution in [3.63, 3.8) is 0 Å². The van der Waals surface area contributed by atoms with Crippen LogP contribution in [0.1, 0.15) is 16.1 Å². The van der Waals surface area contributed by atoms with E-state index in [0.717, 1.165) is 4.90 Å². The molecule has 0 atom stereocenters. The highest BCUT2D eigenvalue weighted by molar-refractivity contribution is 7.99. The van der Waals surface area contributed by atoms with Crippen LogP contribution in [0.4, 0.5) is 0 Å². The maximum Gasteiger partial charge on any atom is 0.356 e. The van der Waals surface area contributed by atoms with Gasteiger partial charge in [-0.3, -0.25) is 0 Å². The summed E-state index contributed by atoms with van der Waals surface area (Å²) < 4.78 is 0. The summed E-state index contributed by atoms with van der Waals surface area (Å²) in [5, 5.41) is 9.37. The van der Waals surface area contributed by atoms with Crippen molar-refractivity contribution in [1.29, 1.82) is 0 Å². The highest BCUT2D eigenvalue weighted by Gasteiger charge is 2.05. The van der Waals surface area contributed by atoms with Gasteiger partial charge >= 0.3 is 5.97 Å². The average molecular weight is 246 g/mol. The Morgan fingerprint density at radius 2 is 1.88 bits per heavy atom. The van der Waals surface area contributed by atoms with Crippen LogP contribution in [0.2, 0.25) is 0 Å². The number of nitrogens with zero attached hydrogens (tertiary/aromatic N) is 2. The van der Waals surface area contributed by atoms with E-state index in [4.69, 9.17) is 5.11 Å². The lowest BCUT2D eigenvalue weighted by Gasteiger charge is -2.01. The second-order valence-electron chi connectivity index (χ2n) is 3.46. The standard InChI is InChI=1S/C12H10N2O2S/c1-8-2-4-9(5-3-8)17-11-7-13-10(6-14-11)12(15)16/h2-7H,1H3,(H,15,16). The molecule has 0 spiro atoms. The quantitative estimate of drug-likeness (QED) is 0.902. The first-order valence-corrected chi connectivity index (χ1v) is 5.76. The Kier molecular flexibility index (Phi) is 3.39. The van der Waals surface area contributed by atoms with Crippen LogP contribution in [0.15, 0.2) is 46.6 Å². The Labute approximate surface area is 103 Å². The first-order chi connectivity index (χ1) is 8.15. The molecule has 0 bridgehead atoms. The summed E-state index contributed by atoms with van der Waals surface area (Å²) in [5.74, 6) is -1.07. The molecule has 0 aliphatic rings. The van der Waals surface area contributed by atoms with Crippen molar-refractivity contribution in [3.05, 3.63) is 47.9 Å². The normalized spacial score (nSPS) is 10.2. The Hall–Kier alpha value is -1.88. The fourth-order valence-corrected chi connectivity index (χ4v) is 1.93. The van der Waals surface area contributed by atoms with Crippen molar-refractivity contribution >= 4 is 17.7 Å². The van der Waals surface area contributed by atoms with Crippen molar-refractivity contribution in [1.82, 2.24) is 9.97 Å². The van der Waals surface area contributed by atoms with Gasteiger partial charge in [0.25, 0.3) is 0 Å². The van der Waals surface area contributed by atoms with Crippen LogP contribution < -0.4 is 0 Å². The van der Waals surface area contributed by atoms with Gasteiger partial charge < -0.3 is 5.11 Å². The Bertz CT molecular complexity index is 523. The number of aryl methyl sites for hydroxylation is 1. The summed E-state index contributed by atoms with van der Waals surface area (Å²) in [6.07, 6.45) is 2.73. The van der Waals surface area contributed by atoms with Crippen LogP contribution in [0, 0.1) is 6.92 Å². The molecule has 4 nitrogen and oxygen atoms in total. The topological polar surface area (TPSA) is 63.1 Å². The SMILES string of the molecule is Cc1ccc(Sc2cnc(C(=O)O)cn2)cc1. The summed E-state index contributed by atoms with van der Waals surface area (Å²) in [5.41, 5.74) is 1.15. The van der Waals surface area contributed by atoms with Gasteiger partial charge in [-0.05, 0) is 19.1 Å². The predicted molar refractivity (Wildman–Crippen MR) is 64.3 cm³/mol.